The van der Waals surface area contributed by atoms with Gasteiger partial charge in [-0.05, 0) is 25.5 Å². The van der Waals surface area contributed by atoms with Crippen LogP contribution in [0.3, 0.4) is 0 Å². The number of esters is 1. The first-order chi connectivity index (χ1) is 12.5. The van der Waals surface area contributed by atoms with Crippen molar-refractivity contribution in [1.29, 1.82) is 0 Å². The number of carbonyl (C=O) groups is 3. The monoisotopic (exact) mass is 361 g/mol. The molecule has 0 radical (unpaired) electrons. The summed E-state index contributed by atoms with van der Waals surface area (Å²) in [7, 11) is 0. The number of carbonyl (C=O) groups excluding carboxylic acids is 3. The fourth-order valence-electron chi connectivity index (χ4n) is 2.42. The topological polar surface area (TPSA) is 90.9 Å². The molecule has 26 heavy (non-hydrogen) atoms. The molecule has 0 spiro atoms. The number of rotatable bonds is 7. The van der Waals surface area contributed by atoms with Gasteiger partial charge in [0.05, 0.1) is 12.7 Å². The number of hydrogen-bond acceptors (Lipinski definition) is 6. The van der Waals surface area contributed by atoms with Crippen LogP contribution >= 0.6 is 0 Å². The lowest BCUT2D eigenvalue weighted by atomic mass is 10.0. The van der Waals surface area contributed by atoms with Crippen LogP contribution in [-0.4, -0.2) is 36.1 Å². The summed E-state index contributed by atoms with van der Waals surface area (Å²) in [6.07, 6.45) is 1.37. The molecule has 0 fully saturated rings. The smallest absolute Gasteiger partial charge is 0.407 e. The normalized spacial score (nSPS) is 21.4. The molecule has 3 atom stereocenters. The molecule has 1 aromatic carbocycles. The zero-order chi connectivity index (χ0) is 18.9. The highest BCUT2D eigenvalue weighted by atomic mass is 16.6. The molecule has 0 saturated heterocycles. The Balaban J connectivity index is 1.89. The maximum absolute atomic E-state index is 12.1. The van der Waals surface area contributed by atoms with E-state index >= 15 is 0 Å². The summed E-state index contributed by atoms with van der Waals surface area (Å²) in [4.78, 5) is 34.9. The Morgan fingerprint density at radius 1 is 1.15 bits per heavy atom. The van der Waals surface area contributed by atoms with Crippen molar-refractivity contribution in [2.45, 2.75) is 51.5 Å². The predicted octanol–water partition coefficient (Wildman–Crippen LogP) is 2.49. The predicted molar refractivity (Wildman–Crippen MR) is 93.0 cm³/mol. The average molecular weight is 361 g/mol. The van der Waals surface area contributed by atoms with Crippen LogP contribution in [0.2, 0.25) is 0 Å². The number of ketones is 1. The van der Waals surface area contributed by atoms with Crippen molar-refractivity contribution in [3.8, 4) is 0 Å². The number of ether oxygens (including phenoxy) is 3. The van der Waals surface area contributed by atoms with Crippen LogP contribution in [-0.2, 0) is 30.4 Å². The van der Waals surface area contributed by atoms with E-state index in [0.717, 1.165) is 5.56 Å². The van der Waals surface area contributed by atoms with Crippen LogP contribution in [0.5, 0.6) is 0 Å². The lowest BCUT2D eigenvalue weighted by Crippen LogP contribution is -2.52. The van der Waals surface area contributed by atoms with E-state index in [1.807, 2.05) is 30.3 Å². The minimum atomic E-state index is -0.692. The highest BCUT2D eigenvalue weighted by molar-refractivity contribution is 5.81. The lowest BCUT2D eigenvalue weighted by Gasteiger charge is -2.32. The van der Waals surface area contributed by atoms with Gasteiger partial charge in [-0.25, -0.2) is 4.79 Å². The third-order valence-corrected chi connectivity index (χ3v) is 3.87. The second-order valence-corrected chi connectivity index (χ2v) is 6.06. The number of nitrogens with one attached hydrogen (secondary N) is 1. The molecule has 7 nitrogen and oxygen atoms in total. The highest BCUT2D eigenvalue weighted by Gasteiger charge is 2.33. The Morgan fingerprint density at radius 2 is 1.88 bits per heavy atom. The van der Waals surface area contributed by atoms with E-state index < -0.39 is 30.3 Å². The zero-order valence-corrected chi connectivity index (χ0v) is 14.8. The van der Waals surface area contributed by atoms with E-state index in [0.29, 0.717) is 0 Å². The summed E-state index contributed by atoms with van der Waals surface area (Å²) in [5, 5.41) is 2.68. The lowest BCUT2D eigenvalue weighted by molar-refractivity contribution is -0.151. The molecule has 1 heterocycles. The molecule has 0 bridgehead atoms. The van der Waals surface area contributed by atoms with Gasteiger partial charge in [-0.2, -0.15) is 0 Å². The van der Waals surface area contributed by atoms with Crippen molar-refractivity contribution in [3.05, 3.63) is 48.2 Å². The highest BCUT2D eigenvalue weighted by Crippen LogP contribution is 2.17. The first-order valence-corrected chi connectivity index (χ1v) is 8.44. The molecule has 2 rings (SSSR count). The van der Waals surface area contributed by atoms with E-state index in [4.69, 9.17) is 14.2 Å². The van der Waals surface area contributed by atoms with Crippen LogP contribution in [0.4, 0.5) is 4.79 Å². The molecule has 1 aliphatic heterocycles. The summed E-state index contributed by atoms with van der Waals surface area (Å²) >= 11 is 0. The van der Waals surface area contributed by atoms with Gasteiger partial charge in [0.1, 0.15) is 30.6 Å². The van der Waals surface area contributed by atoms with Crippen LogP contribution in [0, 0.1) is 0 Å². The molecular weight excluding hydrogens is 338 g/mol. The maximum Gasteiger partial charge on any atom is 0.407 e. The minimum absolute atomic E-state index is 0.0000844. The molecule has 0 aliphatic carbocycles. The molecule has 7 heteroatoms. The molecule has 1 aliphatic rings. The zero-order valence-electron chi connectivity index (χ0n) is 14.8. The standard InChI is InChI=1S/C19H23NO6/c1-13(21)8-9-17(22)26-16-10-11-24-14(2)18(16)20-19(23)25-12-15-6-4-3-5-7-15/h3-7,10-11,14,16,18H,8-9,12H2,1-2H3,(H,20,23)/t14-,16-,18+/m1/s1. The Morgan fingerprint density at radius 3 is 2.58 bits per heavy atom. The molecule has 1 amide bonds. The molecule has 1 aromatic rings. The molecule has 0 unspecified atom stereocenters. The third-order valence-electron chi connectivity index (χ3n) is 3.87. The van der Waals surface area contributed by atoms with E-state index in [1.165, 1.54) is 13.2 Å². The second-order valence-electron chi connectivity index (χ2n) is 6.06. The van der Waals surface area contributed by atoms with Crippen molar-refractivity contribution < 1.29 is 28.6 Å². The van der Waals surface area contributed by atoms with Gasteiger partial charge in [0.2, 0.25) is 0 Å². The van der Waals surface area contributed by atoms with Gasteiger partial charge in [-0.1, -0.05) is 30.3 Å². The quantitative estimate of drug-likeness (QED) is 0.751. The summed E-state index contributed by atoms with van der Waals surface area (Å²) < 4.78 is 15.9. The van der Waals surface area contributed by atoms with Crippen LogP contribution in [0.25, 0.3) is 0 Å². The van der Waals surface area contributed by atoms with Gasteiger partial charge in [0.25, 0.3) is 0 Å². The SMILES string of the molecule is CC(=O)CCC(=O)O[C@@H]1C=CO[C@H](C)[C@@H]1NC(=O)OCc1ccccc1. The second kappa shape index (κ2) is 9.60. The van der Waals surface area contributed by atoms with Crippen molar-refractivity contribution in [3.63, 3.8) is 0 Å². The summed E-state index contributed by atoms with van der Waals surface area (Å²) in [5.74, 6) is -0.592. The Hall–Kier alpha value is -2.83. The van der Waals surface area contributed by atoms with Crippen LogP contribution in [0.1, 0.15) is 32.3 Å². The van der Waals surface area contributed by atoms with Crippen LogP contribution in [0.15, 0.2) is 42.7 Å². The number of benzene rings is 1. The van der Waals surface area contributed by atoms with E-state index in [-0.39, 0.29) is 25.2 Å². The fraction of sp³-hybridized carbons (Fsp3) is 0.421. The third kappa shape index (κ3) is 6.23. The first kappa shape index (κ1) is 19.5. The molecular formula is C19H23NO6. The average Bonchev–Trinajstić information content (AvgIpc) is 2.62. The van der Waals surface area contributed by atoms with E-state index in [9.17, 15) is 14.4 Å². The van der Waals surface area contributed by atoms with Crippen molar-refractivity contribution in [2.24, 2.45) is 0 Å². The van der Waals surface area contributed by atoms with Gasteiger partial charge in [-0.15, -0.1) is 0 Å². The number of Topliss-reactive ketones (excluding diaryl/α,β-unsaturated/α-hetero) is 1. The Kier molecular flexibility index (Phi) is 7.20. The van der Waals surface area contributed by atoms with Gasteiger partial charge < -0.3 is 24.3 Å². The van der Waals surface area contributed by atoms with E-state index in [1.54, 1.807) is 13.0 Å². The van der Waals surface area contributed by atoms with Crippen LogP contribution < -0.4 is 5.32 Å². The molecule has 140 valence electrons. The summed E-state index contributed by atoms with van der Waals surface area (Å²) in [5.41, 5.74) is 0.864. The maximum atomic E-state index is 12.1. The fourth-order valence-corrected chi connectivity index (χ4v) is 2.42. The number of hydrogen-bond donors (Lipinski definition) is 1. The van der Waals surface area contributed by atoms with Gasteiger partial charge >= 0.3 is 12.1 Å². The Labute approximate surface area is 152 Å². The Bertz CT molecular complexity index is 657. The molecule has 1 N–H and O–H groups in total. The summed E-state index contributed by atoms with van der Waals surface area (Å²) in [6, 6.07) is 8.69. The summed E-state index contributed by atoms with van der Waals surface area (Å²) in [6.45, 7) is 3.30. The largest absolute Gasteiger partial charge is 0.496 e. The van der Waals surface area contributed by atoms with Crippen molar-refractivity contribution >= 4 is 17.8 Å². The minimum Gasteiger partial charge on any atom is -0.496 e. The molecule has 0 aromatic heterocycles. The number of amides is 1. The number of alkyl carbamates (subject to hydrolysis) is 1. The van der Waals surface area contributed by atoms with Crippen molar-refractivity contribution in [2.75, 3.05) is 0 Å². The van der Waals surface area contributed by atoms with Gasteiger partial charge in [0.15, 0.2) is 0 Å². The molecule has 0 saturated carbocycles. The van der Waals surface area contributed by atoms with Crippen molar-refractivity contribution in [1.82, 2.24) is 5.32 Å². The van der Waals surface area contributed by atoms with E-state index in [2.05, 4.69) is 5.32 Å². The van der Waals surface area contributed by atoms with Gasteiger partial charge in [-0.3, -0.25) is 4.79 Å². The first-order valence-electron chi connectivity index (χ1n) is 8.44. The van der Waals surface area contributed by atoms with Gasteiger partial charge in [0, 0.05) is 6.42 Å².